The minimum atomic E-state index is -0.110. The third-order valence-electron chi connectivity index (χ3n) is 5.05. The predicted molar refractivity (Wildman–Crippen MR) is 117 cm³/mol. The highest BCUT2D eigenvalue weighted by Gasteiger charge is 2.17. The van der Waals surface area contributed by atoms with Gasteiger partial charge in [-0.2, -0.15) is 0 Å². The molecule has 1 aromatic heterocycles. The van der Waals surface area contributed by atoms with Crippen LogP contribution in [0.5, 0.6) is 11.5 Å². The standard InChI is InChI=1S/C24H26N2O4/c1-16-22(17(2)27)15-23(18-8-10-20(29-3)11-9-18)26(16)13-12-24(28)25-19-6-5-7-21(14-19)30-4/h5-11,14-15H,12-13H2,1-4H3,(H,25,28). The van der Waals surface area contributed by atoms with E-state index >= 15 is 0 Å². The lowest BCUT2D eigenvalue weighted by Gasteiger charge is -2.13. The molecule has 30 heavy (non-hydrogen) atoms. The lowest BCUT2D eigenvalue weighted by molar-refractivity contribution is -0.116. The molecule has 3 rings (SSSR count). The van der Waals surface area contributed by atoms with Gasteiger partial charge in [0.25, 0.3) is 0 Å². The number of nitrogens with one attached hydrogen (secondary N) is 1. The number of benzene rings is 2. The predicted octanol–water partition coefficient (Wildman–Crippen LogP) is 4.71. The molecule has 1 heterocycles. The first kappa shape index (κ1) is 21.2. The number of nitrogens with zero attached hydrogens (tertiary/aromatic N) is 1. The van der Waals surface area contributed by atoms with E-state index in [4.69, 9.17) is 9.47 Å². The first-order valence-electron chi connectivity index (χ1n) is 9.72. The Labute approximate surface area is 176 Å². The van der Waals surface area contributed by atoms with E-state index in [2.05, 4.69) is 5.32 Å². The fraction of sp³-hybridized carbons (Fsp3) is 0.250. The van der Waals surface area contributed by atoms with Crippen molar-refractivity contribution in [2.45, 2.75) is 26.8 Å². The fourth-order valence-electron chi connectivity index (χ4n) is 3.43. The second kappa shape index (κ2) is 9.31. The molecule has 0 saturated heterocycles. The van der Waals surface area contributed by atoms with Gasteiger partial charge in [0.05, 0.1) is 14.2 Å². The summed E-state index contributed by atoms with van der Waals surface area (Å²) in [5.41, 5.74) is 4.05. The molecule has 2 aromatic carbocycles. The number of amides is 1. The number of Topliss-reactive ketones (excluding diaryl/α,β-unsaturated/α-hetero) is 1. The molecule has 0 atom stereocenters. The number of anilines is 1. The van der Waals surface area contributed by atoms with E-state index in [1.165, 1.54) is 0 Å². The van der Waals surface area contributed by atoms with Gasteiger partial charge < -0.3 is 19.4 Å². The van der Waals surface area contributed by atoms with Crippen molar-refractivity contribution in [3.05, 3.63) is 65.9 Å². The van der Waals surface area contributed by atoms with Crippen molar-refractivity contribution in [1.82, 2.24) is 4.57 Å². The van der Waals surface area contributed by atoms with Gasteiger partial charge >= 0.3 is 0 Å². The van der Waals surface area contributed by atoms with Crippen LogP contribution in [0.25, 0.3) is 11.3 Å². The Balaban J connectivity index is 1.81. The molecule has 0 saturated carbocycles. The molecule has 0 aliphatic rings. The van der Waals surface area contributed by atoms with Crippen LogP contribution >= 0.6 is 0 Å². The summed E-state index contributed by atoms with van der Waals surface area (Å²) in [7, 11) is 3.21. The SMILES string of the molecule is COc1ccc(-c2cc(C(C)=O)c(C)n2CCC(=O)Nc2cccc(OC)c2)cc1. The van der Waals surface area contributed by atoms with Gasteiger partial charge in [0.1, 0.15) is 11.5 Å². The van der Waals surface area contributed by atoms with Crippen LogP contribution in [0.15, 0.2) is 54.6 Å². The number of carbonyl (C=O) groups is 2. The number of rotatable bonds is 8. The molecular weight excluding hydrogens is 380 g/mol. The Morgan fingerprint density at radius 1 is 0.967 bits per heavy atom. The molecule has 6 heteroatoms. The molecule has 1 N–H and O–H groups in total. The zero-order chi connectivity index (χ0) is 21.7. The van der Waals surface area contributed by atoms with Crippen LogP contribution in [0, 0.1) is 6.92 Å². The van der Waals surface area contributed by atoms with E-state index in [1.54, 1.807) is 27.2 Å². The maximum atomic E-state index is 12.5. The maximum Gasteiger partial charge on any atom is 0.226 e. The summed E-state index contributed by atoms with van der Waals surface area (Å²) in [5.74, 6) is 1.34. The van der Waals surface area contributed by atoms with E-state index in [0.717, 1.165) is 22.7 Å². The molecular formula is C24H26N2O4. The van der Waals surface area contributed by atoms with Gasteiger partial charge in [0, 0.05) is 41.7 Å². The quantitative estimate of drug-likeness (QED) is 0.550. The smallest absolute Gasteiger partial charge is 0.226 e. The topological polar surface area (TPSA) is 69.6 Å². The van der Waals surface area contributed by atoms with Gasteiger partial charge in [0.15, 0.2) is 5.78 Å². The number of aromatic nitrogens is 1. The van der Waals surface area contributed by atoms with Crippen LogP contribution in [0.4, 0.5) is 5.69 Å². The van der Waals surface area contributed by atoms with Crippen LogP contribution in [0.3, 0.4) is 0 Å². The molecule has 0 unspecified atom stereocenters. The minimum Gasteiger partial charge on any atom is -0.497 e. The van der Waals surface area contributed by atoms with Crippen molar-refractivity contribution < 1.29 is 19.1 Å². The van der Waals surface area contributed by atoms with Crippen molar-refractivity contribution >= 4 is 17.4 Å². The first-order chi connectivity index (χ1) is 14.4. The maximum absolute atomic E-state index is 12.5. The summed E-state index contributed by atoms with van der Waals surface area (Å²) in [6.45, 7) is 3.92. The van der Waals surface area contributed by atoms with Crippen molar-refractivity contribution in [1.29, 1.82) is 0 Å². The second-order valence-electron chi connectivity index (χ2n) is 7.00. The summed E-state index contributed by atoms with van der Waals surface area (Å²) in [5, 5.41) is 2.89. The van der Waals surface area contributed by atoms with E-state index < -0.39 is 0 Å². The van der Waals surface area contributed by atoms with Gasteiger partial charge in [-0.25, -0.2) is 0 Å². The normalized spacial score (nSPS) is 10.5. The van der Waals surface area contributed by atoms with E-state index in [1.807, 2.05) is 60.0 Å². The average Bonchev–Trinajstić information content (AvgIpc) is 3.09. The first-order valence-corrected chi connectivity index (χ1v) is 9.72. The zero-order valence-electron chi connectivity index (χ0n) is 17.7. The van der Waals surface area contributed by atoms with E-state index in [9.17, 15) is 9.59 Å². The lowest BCUT2D eigenvalue weighted by atomic mass is 10.1. The molecule has 0 aliphatic carbocycles. The highest BCUT2D eigenvalue weighted by atomic mass is 16.5. The lowest BCUT2D eigenvalue weighted by Crippen LogP contribution is -2.15. The van der Waals surface area contributed by atoms with Crippen LogP contribution in [0.1, 0.15) is 29.4 Å². The van der Waals surface area contributed by atoms with Crippen LogP contribution in [-0.4, -0.2) is 30.5 Å². The largest absolute Gasteiger partial charge is 0.497 e. The highest BCUT2D eigenvalue weighted by Crippen LogP contribution is 2.28. The number of ether oxygens (including phenoxy) is 2. The summed E-state index contributed by atoms with van der Waals surface area (Å²) in [6, 6.07) is 16.8. The number of ketones is 1. The molecule has 156 valence electrons. The Bertz CT molecular complexity index is 1050. The average molecular weight is 406 g/mol. The van der Waals surface area contributed by atoms with Gasteiger partial charge in [-0.3, -0.25) is 9.59 Å². The monoisotopic (exact) mass is 406 g/mol. The summed E-state index contributed by atoms with van der Waals surface area (Å²) in [6.07, 6.45) is 0.271. The van der Waals surface area contributed by atoms with Crippen LogP contribution in [0.2, 0.25) is 0 Å². The van der Waals surface area contributed by atoms with E-state index in [-0.39, 0.29) is 18.1 Å². The minimum absolute atomic E-state index is 0.00171. The fourth-order valence-corrected chi connectivity index (χ4v) is 3.43. The molecule has 0 aliphatic heterocycles. The second-order valence-corrected chi connectivity index (χ2v) is 7.00. The highest BCUT2D eigenvalue weighted by molar-refractivity contribution is 5.97. The van der Waals surface area contributed by atoms with Crippen molar-refractivity contribution in [2.75, 3.05) is 19.5 Å². The molecule has 1 amide bonds. The molecule has 6 nitrogen and oxygen atoms in total. The Morgan fingerprint density at radius 3 is 2.30 bits per heavy atom. The van der Waals surface area contributed by atoms with Crippen LogP contribution < -0.4 is 14.8 Å². The summed E-state index contributed by atoms with van der Waals surface area (Å²) in [4.78, 5) is 24.6. The number of methoxy groups -OCH3 is 2. The van der Waals surface area contributed by atoms with Gasteiger partial charge in [-0.1, -0.05) is 6.07 Å². The molecule has 0 radical (unpaired) electrons. The molecule has 0 spiro atoms. The zero-order valence-corrected chi connectivity index (χ0v) is 17.7. The Hall–Kier alpha value is -3.54. The van der Waals surface area contributed by atoms with Crippen LogP contribution in [-0.2, 0) is 11.3 Å². The summed E-state index contributed by atoms with van der Waals surface area (Å²) >= 11 is 0. The van der Waals surface area contributed by atoms with Crippen molar-refractivity contribution in [3.8, 4) is 22.8 Å². The molecule has 0 bridgehead atoms. The van der Waals surface area contributed by atoms with Gasteiger partial charge in [-0.05, 0) is 61.9 Å². The Kier molecular flexibility index (Phi) is 6.57. The number of hydrogen-bond donors (Lipinski definition) is 1. The number of carbonyl (C=O) groups excluding carboxylic acids is 2. The number of hydrogen-bond acceptors (Lipinski definition) is 4. The van der Waals surface area contributed by atoms with Gasteiger partial charge in [-0.15, -0.1) is 0 Å². The molecule has 0 fully saturated rings. The van der Waals surface area contributed by atoms with Crippen molar-refractivity contribution in [2.24, 2.45) is 0 Å². The third-order valence-corrected chi connectivity index (χ3v) is 5.05. The van der Waals surface area contributed by atoms with E-state index in [0.29, 0.717) is 23.5 Å². The Morgan fingerprint density at radius 2 is 1.67 bits per heavy atom. The van der Waals surface area contributed by atoms with Crippen molar-refractivity contribution in [3.63, 3.8) is 0 Å². The molecule has 3 aromatic rings. The third kappa shape index (κ3) is 4.71. The summed E-state index contributed by atoms with van der Waals surface area (Å²) < 4.78 is 12.4. The van der Waals surface area contributed by atoms with Gasteiger partial charge in [0.2, 0.25) is 5.91 Å².